The Morgan fingerprint density at radius 2 is 1.93 bits per heavy atom. The van der Waals surface area contributed by atoms with Crippen LogP contribution >= 0.6 is 0 Å². The van der Waals surface area contributed by atoms with Gasteiger partial charge in [0, 0.05) is 51.9 Å². The SMILES string of the molecule is CCO[C@@H]1OC(C(=O)N2CCN(Cc3ccccc3)CC2)=C[C@H](C)[C@@H]1CCCO. The van der Waals surface area contributed by atoms with Gasteiger partial charge >= 0.3 is 0 Å². The number of ether oxygens (including phenoxy) is 2. The maximum atomic E-state index is 13.1. The smallest absolute Gasteiger partial charge is 0.288 e. The van der Waals surface area contributed by atoms with E-state index in [0.717, 1.165) is 26.1 Å². The lowest BCUT2D eigenvalue weighted by atomic mass is 9.86. The Labute approximate surface area is 174 Å². The van der Waals surface area contributed by atoms with Gasteiger partial charge in [-0.1, -0.05) is 37.3 Å². The molecule has 0 spiro atoms. The Morgan fingerprint density at radius 3 is 2.59 bits per heavy atom. The average Bonchev–Trinajstić information content (AvgIpc) is 2.74. The van der Waals surface area contributed by atoms with Crippen LogP contribution in [0.15, 0.2) is 42.2 Å². The van der Waals surface area contributed by atoms with E-state index in [4.69, 9.17) is 14.6 Å². The summed E-state index contributed by atoms with van der Waals surface area (Å²) in [7, 11) is 0. The number of carbonyl (C=O) groups is 1. The number of benzene rings is 1. The Kier molecular flexibility index (Phi) is 8.09. The molecule has 0 radical (unpaired) electrons. The van der Waals surface area contributed by atoms with Crippen molar-refractivity contribution in [2.75, 3.05) is 39.4 Å². The first-order valence-corrected chi connectivity index (χ1v) is 10.8. The first-order chi connectivity index (χ1) is 14.1. The molecule has 1 amide bonds. The number of amides is 1. The summed E-state index contributed by atoms with van der Waals surface area (Å²) >= 11 is 0. The number of nitrogens with zero attached hydrogens (tertiary/aromatic N) is 2. The third-order valence-electron chi connectivity index (χ3n) is 5.83. The van der Waals surface area contributed by atoms with Crippen molar-refractivity contribution in [1.29, 1.82) is 0 Å². The molecule has 29 heavy (non-hydrogen) atoms. The molecule has 2 aliphatic heterocycles. The third-order valence-corrected chi connectivity index (χ3v) is 5.83. The molecule has 2 heterocycles. The molecule has 0 aliphatic carbocycles. The number of aliphatic hydroxyl groups is 1. The molecule has 0 aromatic heterocycles. The van der Waals surface area contributed by atoms with Gasteiger partial charge in [-0.2, -0.15) is 0 Å². The molecule has 3 rings (SSSR count). The van der Waals surface area contributed by atoms with Gasteiger partial charge in [-0.15, -0.1) is 0 Å². The molecule has 6 nitrogen and oxygen atoms in total. The van der Waals surface area contributed by atoms with Gasteiger partial charge in [0.1, 0.15) is 0 Å². The van der Waals surface area contributed by atoms with E-state index < -0.39 is 6.29 Å². The largest absolute Gasteiger partial charge is 0.459 e. The Hall–Kier alpha value is -1.89. The van der Waals surface area contributed by atoms with E-state index in [1.165, 1.54) is 5.56 Å². The lowest BCUT2D eigenvalue weighted by molar-refractivity contribution is -0.175. The van der Waals surface area contributed by atoms with Crippen LogP contribution in [0.1, 0.15) is 32.3 Å². The Morgan fingerprint density at radius 1 is 1.21 bits per heavy atom. The van der Waals surface area contributed by atoms with Crippen molar-refractivity contribution < 1.29 is 19.4 Å². The van der Waals surface area contributed by atoms with Crippen LogP contribution in [-0.2, 0) is 20.8 Å². The van der Waals surface area contributed by atoms with Crippen molar-refractivity contribution in [2.24, 2.45) is 11.8 Å². The number of rotatable bonds is 8. The van der Waals surface area contributed by atoms with Gasteiger partial charge in [-0.3, -0.25) is 9.69 Å². The van der Waals surface area contributed by atoms with Crippen molar-refractivity contribution in [3.63, 3.8) is 0 Å². The molecule has 1 fully saturated rings. The minimum Gasteiger partial charge on any atom is -0.459 e. The zero-order valence-electron chi connectivity index (χ0n) is 17.6. The summed E-state index contributed by atoms with van der Waals surface area (Å²) in [5.41, 5.74) is 1.30. The summed E-state index contributed by atoms with van der Waals surface area (Å²) in [4.78, 5) is 17.3. The fourth-order valence-electron chi connectivity index (χ4n) is 4.14. The van der Waals surface area contributed by atoms with Gasteiger partial charge in [-0.25, -0.2) is 0 Å². The van der Waals surface area contributed by atoms with Crippen molar-refractivity contribution in [2.45, 2.75) is 39.5 Å². The normalized spacial score (nSPS) is 25.4. The molecule has 0 bridgehead atoms. The van der Waals surface area contributed by atoms with Gasteiger partial charge < -0.3 is 19.5 Å². The van der Waals surface area contributed by atoms with E-state index in [1.807, 2.05) is 24.0 Å². The van der Waals surface area contributed by atoms with Crippen molar-refractivity contribution in [1.82, 2.24) is 9.80 Å². The van der Waals surface area contributed by atoms with E-state index in [2.05, 4.69) is 36.1 Å². The summed E-state index contributed by atoms with van der Waals surface area (Å²) in [6.07, 6.45) is 3.04. The van der Waals surface area contributed by atoms with Crippen LogP contribution < -0.4 is 0 Å². The van der Waals surface area contributed by atoms with Crippen LogP contribution in [-0.4, -0.2) is 66.5 Å². The van der Waals surface area contributed by atoms with E-state index in [-0.39, 0.29) is 24.3 Å². The zero-order chi connectivity index (χ0) is 20.6. The monoisotopic (exact) mass is 402 g/mol. The maximum absolute atomic E-state index is 13.1. The molecule has 1 N–H and O–H groups in total. The molecular weight excluding hydrogens is 368 g/mol. The van der Waals surface area contributed by atoms with Gasteiger partial charge in [0.15, 0.2) is 5.76 Å². The first-order valence-electron chi connectivity index (χ1n) is 10.8. The molecule has 1 aromatic carbocycles. The number of carbonyl (C=O) groups excluding carboxylic acids is 1. The maximum Gasteiger partial charge on any atom is 0.288 e. The van der Waals surface area contributed by atoms with Crippen LogP contribution in [0.2, 0.25) is 0 Å². The molecule has 3 atom stereocenters. The predicted molar refractivity (Wildman–Crippen MR) is 112 cm³/mol. The summed E-state index contributed by atoms with van der Waals surface area (Å²) in [6.45, 7) is 8.76. The molecule has 160 valence electrons. The summed E-state index contributed by atoms with van der Waals surface area (Å²) < 4.78 is 11.8. The first kappa shape index (κ1) is 21.8. The number of hydrogen-bond acceptors (Lipinski definition) is 5. The van der Waals surface area contributed by atoms with Crippen LogP contribution in [0.4, 0.5) is 0 Å². The van der Waals surface area contributed by atoms with Crippen molar-refractivity contribution in [3.8, 4) is 0 Å². The minimum absolute atomic E-state index is 0.0403. The quantitative estimate of drug-likeness (QED) is 0.724. The van der Waals surface area contributed by atoms with E-state index in [1.54, 1.807) is 0 Å². The molecular formula is C23H34N2O4. The Balaban J connectivity index is 1.57. The number of piperazine rings is 1. The highest BCUT2D eigenvalue weighted by Crippen LogP contribution is 2.33. The van der Waals surface area contributed by atoms with Crippen molar-refractivity contribution >= 4 is 5.91 Å². The number of aliphatic hydroxyl groups excluding tert-OH is 1. The minimum atomic E-state index is -0.426. The Bertz CT molecular complexity index is 671. The van der Waals surface area contributed by atoms with Crippen LogP contribution in [0.25, 0.3) is 0 Å². The van der Waals surface area contributed by atoms with Gasteiger partial charge in [0.25, 0.3) is 5.91 Å². The lowest BCUT2D eigenvalue weighted by Crippen LogP contribution is -2.49. The highest BCUT2D eigenvalue weighted by atomic mass is 16.7. The van der Waals surface area contributed by atoms with E-state index >= 15 is 0 Å². The van der Waals surface area contributed by atoms with Gasteiger partial charge in [0.2, 0.25) is 6.29 Å². The van der Waals surface area contributed by atoms with Gasteiger partial charge in [-0.05, 0) is 37.3 Å². The average molecular weight is 403 g/mol. The van der Waals surface area contributed by atoms with E-state index in [0.29, 0.717) is 31.9 Å². The molecule has 0 unspecified atom stereocenters. The lowest BCUT2D eigenvalue weighted by Gasteiger charge is -2.38. The standard InChI is InChI=1S/C23H34N2O4/c1-3-28-23-20(10-7-15-26)18(2)16-21(29-23)22(27)25-13-11-24(12-14-25)17-19-8-5-4-6-9-19/h4-6,8-9,16,18,20,23,26H,3,7,10-15,17H2,1-2H3/t18-,20-,23+/m0/s1. The topological polar surface area (TPSA) is 62.2 Å². The highest BCUT2D eigenvalue weighted by Gasteiger charge is 2.36. The second-order valence-electron chi connectivity index (χ2n) is 7.92. The predicted octanol–water partition coefficient (Wildman–Crippen LogP) is 2.63. The molecule has 1 saturated heterocycles. The number of allylic oxidation sites excluding steroid dienone is 1. The second-order valence-corrected chi connectivity index (χ2v) is 7.92. The van der Waals surface area contributed by atoms with Crippen LogP contribution in [0.3, 0.4) is 0 Å². The zero-order valence-corrected chi connectivity index (χ0v) is 17.6. The van der Waals surface area contributed by atoms with E-state index in [9.17, 15) is 4.79 Å². The fraction of sp³-hybridized carbons (Fsp3) is 0.609. The number of hydrogen-bond donors (Lipinski definition) is 1. The summed E-state index contributed by atoms with van der Waals surface area (Å²) in [5.74, 6) is 0.695. The fourth-order valence-corrected chi connectivity index (χ4v) is 4.14. The summed E-state index contributed by atoms with van der Waals surface area (Å²) in [6, 6.07) is 10.4. The van der Waals surface area contributed by atoms with Crippen LogP contribution in [0, 0.1) is 11.8 Å². The molecule has 6 heteroatoms. The highest BCUT2D eigenvalue weighted by molar-refractivity contribution is 5.91. The van der Waals surface area contributed by atoms with Crippen LogP contribution in [0.5, 0.6) is 0 Å². The van der Waals surface area contributed by atoms with Gasteiger partial charge in [0.05, 0.1) is 0 Å². The second kappa shape index (κ2) is 10.8. The molecule has 2 aliphatic rings. The third kappa shape index (κ3) is 5.81. The molecule has 0 saturated carbocycles. The molecule has 1 aromatic rings. The van der Waals surface area contributed by atoms with Crippen molar-refractivity contribution in [3.05, 3.63) is 47.7 Å². The summed E-state index contributed by atoms with van der Waals surface area (Å²) in [5, 5.41) is 9.16.